The van der Waals surface area contributed by atoms with E-state index in [-0.39, 0.29) is 17.5 Å². The van der Waals surface area contributed by atoms with E-state index in [9.17, 15) is 4.79 Å². The van der Waals surface area contributed by atoms with Gasteiger partial charge in [-0.15, -0.1) is 0 Å². The van der Waals surface area contributed by atoms with Crippen LogP contribution in [0.5, 0.6) is 5.88 Å². The number of carbonyl (C=O) groups is 1. The van der Waals surface area contributed by atoms with Crippen LogP contribution in [0.25, 0.3) is 0 Å². The molecule has 1 rings (SSSR count). The van der Waals surface area contributed by atoms with Gasteiger partial charge in [0, 0.05) is 13.6 Å². The van der Waals surface area contributed by atoms with Gasteiger partial charge in [0.2, 0.25) is 5.76 Å². The minimum Gasteiger partial charge on any atom is -0.479 e. The summed E-state index contributed by atoms with van der Waals surface area (Å²) in [6.45, 7) is 2.62. The molecule has 14 heavy (non-hydrogen) atoms. The predicted octanol–water partition coefficient (Wildman–Crippen LogP) is 0.280. The fourth-order valence-electron chi connectivity index (χ4n) is 0.770. The van der Waals surface area contributed by atoms with Gasteiger partial charge in [0.25, 0.3) is 5.88 Å². The Labute approximate surface area is 81.8 Å². The minimum atomic E-state index is -0.342. The molecule has 1 aromatic heterocycles. The van der Waals surface area contributed by atoms with Crippen LogP contribution in [0.4, 0.5) is 0 Å². The van der Waals surface area contributed by atoms with E-state index in [0.717, 1.165) is 0 Å². The number of methoxy groups -OCH3 is 1. The van der Waals surface area contributed by atoms with E-state index in [1.165, 1.54) is 13.2 Å². The van der Waals surface area contributed by atoms with Gasteiger partial charge in [-0.1, -0.05) is 6.92 Å². The number of hydrogen-bond acceptors (Lipinski definition) is 5. The number of nitrogens with zero attached hydrogens (tertiary/aromatic N) is 2. The fourth-order valence-corrected chi connectivity index (χ4v) is 0.770. The maximum atomic E-state index is 11.4. The first kappa shape index (κ1) is 10.5. The zero-order valence-corrected chi connectivity index (χ0v) is 8.40. The average molecular weight is 199 g/mol. The molecule has 0 aliphatic carbocycles. The number of hydrazine groups is 1. The molecule has 1 N–H and O–H groups in total. The molecule has 0 spiro atoms. The summed E-state index contributed by atoms with van der Waals surface area (Å²) in [5.74, 6) is 0.0709. The third-order valence-corrected chi connectivity index (χ3v) is 1.69. The molecule has 0 aliphatic heterocycles. The molecular formula is C8H13N3O3. The van der Waals surface area contributed by atoms with Gasteiger partial charge in [0.05, 0.1) is 13.2 Å². The summed E-state index contributed by atoms with van der Waals surface area (Å²) in [4.78, 5) is 11.4. The van der Waals surface area contributed by atoms with Crippen molar-refractivity contribution in [3.05, 3.63) is 11.8 Å². The van der Waals surface area contributed by atoms with E-state index in [1.807, 2.05) is 6.92 Å². The third kappa shape index (κ3) is 2.46. The second-order valence-electron chi connectivity index (χ2n) is 2.69. The Kier molecular flexibility index (Phi) is 3.47. The van der Waals surface area contributed by atoms with Crippen molar-refractivity contribution in [3.63, 3.8) is 0 Å². The Morgan fingerprint density at radius 1 is 1.79 bits per heavy atom. The Bertz CT molecular complexity index is 311. The van der Waals surface area contributed by atoms with Crippen molar-refractivity contribution < 1.29 is 14.1 Å². The van der Waals surface area contributed by atoms with Crippen molar-refractivity contribution in [2.24, 2.45) is 0 Å². The summed E-state index contributed by atoms with van der Waals surface area (Å²) in [6.07, 6.45) is 0. The third-order valence-electron chi connectivity index (χ3n) is 1.69. The van der Waals surface area contributed by atoms with E-state index >= 15 is 0 Å². The number of nitrogens with one attached hydrogen (secondary N) is 1. The van der Waals surface area contributed by atoms with Crippen LogP contribution in [0.15, 0.2) is 10.6 Å². The van der Waals surface area contributed by atoms with Gasteiger partial charge in [0.15, 0.2) is 0 Å². The van der Waals surface area contributed by atoms with Crippen LogP contribution in [0.3, 0.4) is 0 Å². The van der Waals surface area contributed by atoms with Gasteiger partial charge >= 0.3 is 5.91 Å². The minimum absolute atomic E-state index is 0.127. The maximum absolute atomic E-state index is 11.4. The topological polar surface area (TPSA) is 67.6 Å². The summed E-state index contributed by atoms with van der Waals surface area (Å²) in [5.41, 5.74) is 2.59. The number of hydrogen-bond donors (Lipinski definition) is 1. The molecule has 6 heteroatoms. The monoisotopic (exact) mass is 199 g/mol. The smallest absolute Gasteiger partial charge is 0.304 e. The maximum Gasteiger partial charge on any atom is 0.304 e. The highest BCUT2D eigenvalue weighted by Crippen LogP contribution is 2.09. The van der Waals surface area contributed by atoms with Gasteiger partial charge in [-0.2, -0.15) is 0 Å². The Hall–Kier alpha value is -1.56. The molecule has 0 saturated carbocycles. The standard InChI is InChI=1S/C8H13N3O3/c1-4-11(2)9-8(12)6-5-7(13-3)10-14-6/h5H,4H2,1-3H3,(H,9,12). The lowest BCUT2D eigenvalue weighted by Gasteiger charge is -2.13. The molecule has 0 radical (unpaired) electrons. The van der Waals surface area contributed by atoms with Crippen molar-refractivity contribution in [1.29, 1.82) is 0 Å². The summed E-state index contributed by atoms with van der Waals surface area (Å²) in [7, 11) is 3.21. The molecule has 0 saturated heterocycles. The highest BCUT2D eigenvalue weighted by atomic mass is 16.5. The van der Waals surface area contributed by atoms with E-state index in [2.05, 4.69) is 10.6 Å². The molecule has 1 heterocycles. The SMILES string of the molecule is CCN(C)NC(=O)c1cc(OC)no1. The predicted molar refractivity (Wildman–Crippen MR) is 48.8 cm³/mol. The Morgan fingerprint density at radius 3 is 3.00 bits per heavy atom. The normalized spacial score (nSPS) is 10.3. The van der Waals surface area contributed by atoms with Crippen LogP contribution >= 0.6 is 0 Å². The Balaban J connectivity index is 2.60. The number of ether oxygens (including phenoxy) is 1. The second-order valence-corrected chi connectivity index (χ2v) is 2.69. The first-order chi connectivity index (χ1) is 6.67. The molecule has 78 valence electrons. The van der Waals surface area contributed by atoms with Crippen molar-refractivity contribution >= 4 is 5.91 Å². The summed E-state index contributed by atoms with van der Waals surface area (Å²) >= 11 is 0. The number of carbonyl (C=O) groups excluding carboxylic acids is 1. The van der Waals surface area contributed by atoms with Gasteiger partial charge in [-0.25, -0.2) is 5.01 Å². The highest BCUT2D eigenvalue weighted by Gasteiger charge is 2.13. The lowest BCUT2D eigenvalue weighted by atomic mass is 10.4. The first-order valence-electron chi connectivity index (χ1n) is 4.20. The van der Waals surface area contributed by atoms with Crippen molar-refractivity contribution in [2.45, 2.75) is 6.92 Å². The van der Waals surface area contributed by atoms with Crippen molar-refractivity contribution in [1.82, 2.24) is 15.6 Å². The molecule has 0 atom stereocenters. The van der Waals surface area contributed by atoms with E-state index in [4.69, 9.17) is 9.26 Å². The van der Waals surface area contributed by atoms with Crippen LogP contribution in [-0.2, 0) is 0 Å². The van der Waals surface area contributed by atoms with Gasteiger partial charge in [-0.05, 0) is 5.16 Å². The van der Waals surface area contributed by atoms with Crippen LogP contribution in [0.1, 0.15) is 17.5 Å². The van der Waals surface area contributed by atoms with Crippen LogP contribution in [0.2, 0.25) is 0 Å². The second kappa shape index (κ2) is 4.61. The summed E-state index contributed by atoms with van der Waals surface area (Å²) < 4.78 is 9.53. The van der Waals surface area contributed by atoms with Gasteiger partial charge in [0.1, 0.15) is 0 Å². The molecule has 0 aliphatic rings. The fraction of sp³-hybridized carbons (Fsp3) is 0.500. The largest absolute Gasteiger partial charge is 0.479 e. The Morgan fingerprint density at radius 2 is 2.50 bits per heavy atom. The van der Waals surface area contributed by atoms with E-state index in [0.29, 0.717) is 6.54 Å². The average Bonchev–Trinajstić information content (AvgIpc) is 2.65. The van der Waals surface area contributed by atoms with Crippen LogP contribution in [0, 0.1) is 0 Å². The summed E-state index contributed by atoms with van der Waals surface area (Å²) in [6, 6.07) is 1.43. The number of amides is 1. The van der Waals surface area contributed by atoms with E-state index in [1.54, 1.807) is 12.1 Å². The quantitative estimate of drug-likeness (QED) is 0.705. The zero-order valence-electron chi connectivity index (χ0n) is 8.40. The lowest BCUT2D eigenvalue weighted by Crippen LogP contribution is -2.38. The molecule has 1 amide bonds. The summed E-state index contributed by atoms with van der Waals surface area (Å²) in [5, 5.41) is 5.15. The number of aromatic nitrogens is 1. The molecule has 0 bridgehead atoms. The molecule has 0 unspecified atom stereocenters. The molecule has 1 aromatic rings. The van der Waals surface area contributed by atoms with Crippen molar-refractivity contribution in [2.75, 3.05) is 20.7 Å². The van der Waals surface area contributed by atoms with Gasteiger partial charge < -0.3 is 9.26 Å². The highest BCUT2D eigenvalue weighted by molar-refractivity contribution is 5.91. The van der Waals surface area contributed by atoms with Gasteiger partial charge in [-0.3, -0.25) is 10.2 Å². The van der Waals surface area contributed by atoms with E-state index < -0.39 is 0 Å². The lowest BCUT2D eigenvalue weighted by molar-refractivity contribution is 0.0795. The van der Waals surface area contributed by atoms with Crippen LogP contribution < -0.4 is 10.2 Å². The molecular weight excluding hydrogens is 186 g/mol. The zero-order chi connectivity index (χ0) is 10.6. The molecule has 6 nitrogen and oxygen atoms in total. The molecule has 0 aromatic carbocycles. The first-order valence-corrected chi connectivity index (χ1v) is 4.20. The van der Waals surface area contributed by atoms with Crippen molar-refractivity contribution in [3.8, 4) is 5.88 Å². The molecule has 0 fully saturated rings. The number of rotatable bonds is 4. The van der Waals surface area contributed by atoms with Crippen LogP contribution in [-0.4, -0.2) is 36.8 Å².